The summed E-state index contributed by atoms with van der Waals surface area (Å²) in [6.07, 6.45) is -4.86. The minimum atomic E-state index is -4.86. The van der Waals surface area contributed by atoms with Crippen molar-refractivity contribution in [3.8, 4) is 34.1 Å². The second-order valence-electron chi connectivity index (χ2n) is 4.30. The number of phenols is 1. The second-order valence-corrected chi connectivity index (χ2v) is 4.30. The van der Waals surface area contributed by atoms with Crippen molar-refractivity contribution in [1.29, 1.82) is 0 Å². The van der Waals surface area contributed by atoms with Gasteiger partial charge < -0.3 is 19.3 Å². The summed E-state index contributed by atoms with van der Waals surface area (Å²) in [6, 6.07) is 8.59. The van der Waals surface area contributed by atoms with Crippen molar-refractivity contribution >= 4 is 0 Å². The summed E-state index contributed by atoms with van der Waals surface area (Å²) >= 11 is 0. The normalized spacial score (nSPS) is 11.1. The Morgan fingerprint density at radius 2 is 1.64 bits per heavy atom. The van der Waals surface area contributed by atoms with Crippen LogP contribution in [0.3, 0.4) is 0 Å². The van der Waals surface area contributed by atoms with Crippen LogP contribution < -0.4 is 14.2 Å². The molecule has 0 amide bonds. The van der Waals surface area contributed by atoms with Gasteiger partial charge in [-0.15, -0.1) is 13.2 Å². The Bertz CT molecular complexity index is 668. The van der Waals surface area contributed by atoms with Gasteiger partial charge in [-0.2, -0.15) is 0 Å². The summed E-state index contributed by atoms with van der Waals surface area (Å²) in [4.78, 5) is 0. The van der Waals surface area contributed by atoms with Gasteiger partial charge in [0.25, 0.3) is 0 Å². The molecular formula is C15H13F3O4. The summed E-state index contributed by atoms with van der Waals surface area (Å²) in [5.41, 5.74) is 1.07. The van der Waals surface area contributed by atoms with Gasteiger partial charge in [-0.05, 0) is 29.8 Å². The average Bonchev–Trinajstić information content (AvgIpc) is 2.47. The van der Waals surface area contributed by atoms with E-state index in [1.165, 1.54) is 26.4 Å². The lowest BCUT2D eigenvalue weighted by molar-refractivity contribution is -0.275. The molecule has 1 N–H and O–H groups in total. The number of phenolic OH excluding ortho intramolecular Hbond substituents is 1. The quantitative estimate of drug-likeness (QED) is 0.927. The molecule has 4 nitrogen and oxygen atoms in total. The fourth-order valence-corrected chi connectivity index (χ4v) is 1.93. The van der Waals surface area contributed by atoms with Gasteiger partial charge in [-0.1, -0.05) is 6.07 Å². The average molecular weight is 314 g/mol. The molecule has 2 rings (SSSR count). The van der Waals surface area contributed by atoms with E-state index in [1.807, 2.05) is 0 Å². The zero-order valence-electron chi connectivity index (χ0n) is 11.8. The van der Waals surface area contributed by atoms with Crippen LogP contribution in [0, 0.1) is 0 Å². The Balaban J connectivity index is 2.40. The van der Waals surface area contributed by atoms with E-state index in [0.717, 1.165) is 6.07 Å². The maximum atomic E-state index is 12.2. The number of ether oxygens (including phenoxy) is 3. The second kappa shape index (κ2) is 6.05. The number of benzene rings is 2. The van der Waals surface area contributed by atoms with Gasteiger partial charge >= 0.3 is 6.36 Å². The number of halogens is 3. The molecule has 0 radical (unpaired) electrons. The van der Waals surface area contributed by atoms with Crippen molar-refractivity contribution in [1.82, 2.24) is 0 Å². The number of aromatic hydroxyl groups is 1. The number of hydrogen-bond acceptors (Lipinski definition) is 4. The highest BCUT2D eigenvalue weighted by atomic mass is 19.4. The summed E-state index contributed by atoms with van der Waals surface area (Å²) in [5.74, 6) is -0.249. The molecule has 7 heteroatoms. The van der Waals surface area contributed by atoms with Crippen LogP contribution in [0.15, 0.2) is 36.4 Å². The van der Waals surface area contributed by atoms with Crippen LogP contribution in [0.5, 0.6) is 23.0 Å². The maximum Gasteiger partial charge on any atom is 0.573 e. The van der Waals surface area contributed by atoms with Crippen LogP contribution in [0.4, 0.5) is 13.2 Å². The third-order valence-electron chi connectivity index (χ3n) is 2.90. The van der Waals surface area contributed by atoms with Crippen LogP contribution >= 0.6 is 0 Å². The third kappa shape index (κ3) is 3.55. The predicted octanol–water partition coefficient (Wildman–Crippen LogP) is 3.98. The zero-order valence-corrected chi connectivity index (χ0v) is 11.8. The van der Waals surface area contributed by atoms with Crippen LogP contribution in [0.2, 0.25) is 0 Å². The van der Waals surface area contributed by atoms with Gasteiger partial charge in [0.15, 0.2) is 11.5 Å². The Morgan fingerprint density at radius 1 is 0.909 bits per heavy atom. The van der Waals surface area contributed by atoms with Gasteiger partial charge in [0, 0.05) is 11.6 Å². The van der Waals surface area contributed by atoms with Gasteiger partial charge in [0.1, 0.15) is 11.5 Å². The number of hydrogen-bond donors (Lipinski definition) is 1. The first-order valence-electron chi connectivity index (χ1n) is 6.15. The van der Waals surface area contributed by atoms with E-state index in [0.29, 0.717) is 22.6 Å². The molecule has 0 aliphatic heterocycles. The van der Waals surface area contributed by atoms with E-state index < -0.39 is 17.9 Å². The molecule has 118 valence electrons. The highest BCUT2D eigenvalue weighted by Gasteiger charge is 2.32. The fourth-order valence-electron chi connectivity index (χ4n) is 1.93. The molecule has 0 saturated heterocycles. The minimum absolute atomic E-state index is 0.461. The van der Waals surface area contributed by atoms with Crippen molar-refractivity contribution in [2.45, 2.75) is 6.36 Å². The lowest BCUT2D eigenvalue weighted by Gasteiger charge is -2.13. The molecule has 2 aromatic carbocycles. The predicted molar refractivity (Wildman–Crippen MR) is 73.3 cm³/mol. The summed E-state index contributed by atoms with van der Waals surface area (Å²) < 4.78 is 50.5. The van der Waals surface area contributed by atoms with Crippen LogP contribution in [0.25, 0.3) is 11.1 Å². The van der Waals surface area contributed by atoms with Gasteiger partial charge in [-0.3, -0.25) is 0 Å². The third-order valence-corrected chi connectivity index (χ3v) is 2.90. The topological polar surface area (TPSA) is 47.9 Å². The number of methoxy groups -OCH3 is 2. The molecule has 0 aliphatic carbocycles. The Morgan fingerprint density at radius 3 is 2.18 bits per heavy atom. The van der Waals surface area contributed by atoms with Crippen molar-refractivity contribution in [2.24, 2.45) is 0 Å². The largest absolute Gasteiger partial charge is 0.573 e. The molecule has 22 heavy (non-hydrogen) atoms. The molecule has 0 aromatic heterocycles. The molecule has 0 saturated carbocycles. The number of rotatable bonds is 4. The van der Waals surface area contributed by atoms with Gasteiger partial charge in [0.2, 0.25) is 0 Å². The van der Waals surface area contributed by atoms with E-state index in [1.54, 1.807) is 18.2 Å². The fraction of sp³-hybridized carbons (Fsp3) is 0.200. The molecule has 0 spiro atoms. The highest BCUT2D eigenvalue weighted by molar-refractivity contribution is 5.73. The molecule has 2 aromatic rings. The Kier molecular flexibility index (Phi) is 4.35. The zero-order chi connectivity index (χ0) is 16.3. The summed E-state index contributed by atoms with van der Waals surface area (Å²) in [5, 5.41) is 9.69. The lowest BCUT2D eigenvalue weighted by Crippen LogP contribution is -2.17. The Hall–Kier alpha value is -2.57. The van der Waals surface area contributed by atoms with E-state index in [4.69, 9.17) is 9.47 Å². The lowest BCUT2D eigenvalue weighted by atomic mass is 10.0. The molecule has 0 heterocycles. The highest BCUT2D eigenvalue weighted by Crippen LogP contribution is 2.38. The molecule has 0 unspecified atom stereocenters. The molecule has 0 aliphatic rings. The first-order valence-corrected chi connectivity index (χ1v) is 6.15. The van der Waals surface area contributed by atoms with Gasteiger partial charge in [0.05, 0.1) is 14.2 Å². The number of alkyl halides is 3. The molecule has 0 atom stereocenters. The summed E-state index contributed by atoms with van der Waals surface area (Å²) in [7, 11) is 2.96. The monoisotopic (exact) mass is 314 g/mol. The van der Waals surface area contributed by atoms with E-state index in [2.05, 4.69) is 4.74 Å². The van der Waals surface area contributed by atoms with Crippen LogP contribution in [0.1, 0.15) is 0 Å². The first kappa shape index (κ1) is 15.8. The van der Waals surface area contributed by atoms with Gasteiger partial charge in [-0.25, -0.2) is 0 Å². The standard InChI is InChI=1S/C15H13F3O4/c1-20-10-4-5-11(14(8-10)21-2)9-3-6-13(12(19)7-9)22-15(16,17)18/h3-8,19H,1-2H3. The first-order chi connectivity index (χ1) is 10.3. The SMILES string of the molecule is COc1ccc(-c2ccc(OC(F)(F)F)c(O)c2)c(OC)c1. The molecule has 0 fully saturated rings. The van der Waals surface area contributed by atoms with Crippen molar-refractivity contribution in [2.75, 3.05) is 14.2 Å². The van der Waals surface area contributed by atoms with Crippen molar-refractivity contribution in [3.63, 3.8) is 0 Å². The van der Waals surface area contributed by atoms with E-state index in [9.17, 15) is 18.3 Å². The maximum absolute atomic E-state index is 12.2. The summed E-state index contributed by atoms with van der Waals surface area (Å²) in [6.45, 7) is 0. The van der Waals surface area contributed by atoms with Crippen molar-refractivity contribution < 1.29 is 32.5 Å². The Labute approximate surface area is 124 Å². The van der Waals surface area contributed by atoms with E-state index >= 15 is 0 Å². The molecular weight excluding hydrogens is 301 g/mol. The minimum Gasteiger partial charge on any atom is -0.504 e. The van der Waals surface area contributed by atoms with E-state index in [-0.39, 0.29) is 0 Å². The molecule has 0 bridgehead atoms. The van der Waals surface area contributed by atoms with Crippen LogP contribution in [-0.4, -0.2) is 25.7 Å². The van der Waals surface area contributed by atoms with Crippen LogP contribution in [-0.2, 0) is 0 Å². The van der Waals surface area contributed by atoms with Crippen molar-refractivity contribution in [3.05, 3.63) is 36.4 Å². The smallest absolute Gasteiger partial charge is 0.504 e.